The Morgan fingerprint density at radius 2 is 2.25 bits per heavy atom. The Hall–Kier alpha value is -1.55. The van der Waals surface area contributed by atoms with Crippen LogP contribution >= 0.6 is 0 Å². The van der Waals surface area contributed by atoms with Gasteiger partial charge in [-0.15, -0.1) is 0 Å². The van der Waals surface area contributed by atoms with E-state index < -0.39 is 0 Å². The summed E-state index contributed by atoms with van der Waals surface area (Å²) in [5.74, 6) is 0.647. The molecule has 0 aliphatic heterocycles. The van der Waals surface area contributed by atoms with Gasteiger partial charge in [0.05, 0.1) is 12.8 Å². The van der Waals surface area contributed by atoms with Crippen LogP contribution in [0.3, 0.4) is 0 Å². The van der Waals surface area contributed by atoms with Crippen LogP contribution in [0.2, 0.25) is 0 Å². The molecule has 1 aromatic rings. The predicted octanol–water partition coefficient (Wildman–Crippen LogP) is 1.89. The van der Waals surface area contributed by atoms with Crippen molar-refractivity contribution in [1.82, 2.24) is 0 Å². The van der Waals surface area contributed by atoms with E-state index in [0.717, 1.165) is 12.0 Å². The molecule has 1 aromatic carbocycles. The first-order valence-electron chi connectivity index (χ1n) is 5.38. The van der Waals surface area contributed by atoms with Crippen molar-refractivity contribution in [3.05, 3.63) is 23.8 Å². The molecule has 0 aliphatic rings. The maximum atomic E-state index is 11.4. The predicted molar refractivity (Wildman–Crippen MR) is 64.4 cm³/mol. The van der Waals surface area contributed by atoms with Gasteiger partial charge in [-0.1, -0.05) is 13.0 Å². The average Bonchev–Trinajstić information content (AvgIpc) is 2.30. The van der Waals surface area contributed by atoms with Crippen LogP contribution in [0, 0.1) is 0 Å². The molecule has 0 heterocycles. The van der Waals surface area contributed by atoms with Crippen molar-refractivity contribution in [3.8, 4) is 5.75 Å². The van der Waals surface area contributed by atoms with E-state index in [9.17, 15) is 4.79 Å². The molecule has 0 spiro atoms. The lowest BCUT2D eigenvalue weighted by atomic mass is 10.2. The Bertz CT molecular complexity index is 364. The van der Waals surface area contributed by atoms with Crippen LogP contribution in [0.15, 0.2) is 18.2 Å². The van der Waals surface area contributed by atoms with Crippen LogP contribution in [-0.2, 0) is 11.3 Å². The van der Waals surface area contributed by atoms with Gasteiger partial charge in [0.25, 0.3) is 0 Å². The summed E-state index contributed by atoms with van der Waals surface area (Å²) < 4.78 is 5.20. The first kappa shape index (κ1) is 12.5. The zero-order valence-electron chi connectivity index (χ0n) is 9.75. The fraction of sp³-hybridized carbons (Fsp3) is 0.417. The Morgan fingerprint density at radius 3 is 2.81 bits per heavy atom. The number of rotatable bonds is 5. The number of hydrogen-bond acceptors (Lipinski definition) is 3. The van der Waals surface area contributed by atoms with Crippen molar-refractivity contribution in [2.45, 2.75) is 26.3 Å². The number of nitrogens with one attached hydrogen (secondary N) is 1. The number of hydrogen-bond donors (Lipinski definition) is 2. The maximum Gasteiger partial charge on any atom is 0.224 e. The highest BCUT2D eigenvalue weighted by atomic mass is 16.5. The zero-order chi connectivity index (χ0) is 12.0. The highest BCUT2D eigenvalue weighted by Crippen LogP contribution is 2.25. The van der Waals surface area contributed by atoms with E-state index in [1.165, 1.54) is 0 Å². The number of ether oxygens (including phenoxy) is 1. The molecule has 0 fully saturated rings. The van der Waals surface area contributed by atoms with E-state index in [1.54, 1.807) is 7.11 Å². The van der Waals surface area contributed by atoms with Gasteiger partial charge in [0.15, 0.2) is 0 Å². The van der Waals surface area contributed by atoms with Crippen molar-refractivity contribution in [3.63, 3.8) is 0 Å². The summed E-state index contributed by atoms with van der Waals surface area (Å²) in [4.78, 5) is 11.4. The van der Waals surface area contributed by atoms with E-state index in [0.29, 0.717) is 24.4 Å². The van der Waals surface area contributed by atoms with Crippen LogP contribution in [-0.4, -0.2) is 13.0 Å². The Labute approximate surface area is 95.8 Å². The Morgan fingerprint density at radius 1 is 1.50 bits per heavy atom. The smallest absolute Gasteiger partial charge is 0.224 e. The molecule has 0 saturated heterocycles. The Balaban J connectivity index is 2.83. The van der Waals surface area contributed by atoms with Gasteiger partial charge >= 0.3 is 0 Å². The summed E-state index contributed by atoms with van der Waals surface area (Å²) in [6.07, 6.45) is 1.34. The maximum absolute atomic E-state index is 11.4. The van der Waals surface area contributed by atoms with Crippen LogP contribution in [0.4, 0.5) is 5.69 Å². The molecular formula is C12H18N2O2. The molecule has 3 N–H and O–H groups in total. The molecule has 1 rings (SSSR count). The first-order chi connectivity index (χ1) is 7.71. The van der Waals surface area contributed by atoms with E-state index in [-0.39, 0.29) is 5.91 Å². The number of anilines is 1. The lowest BCUT2D eigenvalue weighted by molar-refractivity contribution is -0.116. The number of nitrogens with two attached hydrogens (primary N) is 1. The van der Waals surface area contributed by atoms with Gasteiger partial charge in [-0.3, -0.25) is 4.79 Å². The number of amides is 1. The standard InChI is InChI=1S/C12H18N2O2/c1-3-4-12(15)14-10-6-5-9(8-13)7-11(10)16-2/h5-7H,3-4,8,13H2,1-2H3,(H,14,15). The largest absolute Gasteiger partial charge is 0.495 e. The molecule has 88 valence electrons. The molecule has 0 radical (unpaired) electrons. The first-order valence-corrected chi connectivity index (χ1v) is 5.38. The minimum Gasteiger partial charge on any atom is -0.495 e. The number of methoxy groups -OCH3 is 1. The van der Waals surface area contributed by atoms with Crippen LogP contribution < -0.4 is 15.8 Å². The highest BCUT2D eigenvalue weighted by Gasteiger charge is 2.07. The molecule has 4 nitrogen and oxygen atoms in total. The van der Waals surface area contributed by atoms with Crippen molar-refractivity contribution in [2.24, 2.45) is 5.73 Å². The normalized spacial score (nSPS) is 9.94. The molecule has 1 amide bonds. The van der Waals surface area contributed by atoms with Crippen molar-refractivity contribution >= 4 is 11.6 Å². The third kappa shape index (κ3) is 3.24. The quantitative estimate of drug-likeness (QED) is 0.799. The summed E-state index contributed by atoms with van der Waals surface area (Å²) in [6.45, 7) is 2.42. The van der Waals surface area contributed by atoms with Gasteiger partial charge in [-0.25, -0.2) is 0 Å². The highest BCUT2D eigenvalue weighted by molar-refractivity contribution is 5.92. The van der Waals surface area contributed by atoms with Gasteiger partial charge < -0.3 is 15.8 Å². The van der Waals surface area contributed by atoms with Crippen molar-refractivity contribution < 1.29 is 9.53 Å². The topological polar surface area (TPSA) is 64.4 Å². The summed E-state index contributed by atoms with van der Waals surface area (Å²) in [5.41, 5.74) is 7.20. The van der Waals surface area contributed by atoms with E-state index in [4.69, 9.17) is 10.5 Å². The van der Waals surface area contributed by atoms with Gasteiger partial charge in [-0.2, -0.15) is 0 Å². The monoisotopic (exact) mass is 222 g/mol. The van der Waals surface area contributed by atoms with Crippen molar-refractivity contribution in [2.75, 3.05) is 12.4 Å². The second-order valence-corrected chi connectivity index (χ2v) is 3.54. The summed E-state index contributed by atoms with van der Waals surface area (Å²) in [7, 11) is 1.57. The third-order valence-electron chi connectivity index (χ3n) is 2.25. The summed E-state index contributed by atoms with van der Waals surface area (Å²) in [5, 5.41) is 2.81. The van der Waals surface area contributed by atoms with E-state index in [2.05, 4.69) is 5.32 Å². The van der Waals surface area contributed by atoms with Gasteiger partial charge in [-0.05, 0) is 24.1 Å². The third-order valence-corrected chi connectivity index (χ3v) is 2.25. The summed E-state index contributed by atoms with van der Waals surface area (Å²) in [6, 6.07) is 5.53. The molecule has 16 heavy (non-hydrogen) atoms. The number of benzene rings is 1. The zero-order valence-corrected chi connectivity index (χ0v) is 9.75. The molecule has 0 aromatic heterocycles. The van der Waals surface area contributed by atoms with Crippen LogP contribution in [0.1, 0.15) is 25.3 Å². The lowest BCUT2D eigenvalue weighted by Gasteiger charge is -2.11. The SMILES string of the molecule is CCCC(=O)Nc1ccc(CN)cc1OC. The van der Waals surface area contributed by atoms with Crippen molar-refractivity contribution in [1.29, 1.82) is 0 Å². The molecule has 4 heteroatoms. The Kier molecular flexibility index (Phi) is 4.79. The molecule has 0 atom stereocenters. The van der Waals surface area contributed by atoms with Gasteiger partial charge in [0.1, 0.15) is 5.75 Å². The fourth-order valence-electron chi connectivity index (χ4n) is 1.41. The van der Waals surface area contributed by atoms with Gasteiger partial charge in [0, 0.05) is 13.0 Å². The summed E-state index contributed by atoms with van der Waals surface area (Å²) >= 11 is 0. The van der Waals surface area contributed by atoms with Crippen LogP contribution in [0.25, 0.3) is 0 Å². The second-order valence-electron chi connectivity index (χ2n) is 3.54. The van der Waals surface area contributed by atoms with E-state index in [1.807, 2.05) is 25.1 Å². The van der Waals surface area contributed by atoms with Gasteiger partial charge in [0.2, 0.25) is 5.91 Å². The molecule has 0 saturated carbocycles. The minimum absolute atomic E-state index is 0.00120. The molecular weight excluding hydrogens is 204 g/mol. The lowest BCUT2D eigenvalue weighted by Crippen LogP contribution is -2.11. The van der Waals surface area contributed by atoms with E-state index >= 15 is 0 Å². The molecule has 0 aliphatic carbocycles. The number of carbonyl (C=O) groups excluding carboxylic acids is 1. The minimum atomic E-state index is 0.00120. The van der Waals surface area contributed by atoms with Crippen LogP contribution in [0.5, 0.6) is 5.75 Å². The fourth-order valence-corrected chi connectivity index (χ4v) is 1.41. The molecule has 0 bridgehead atoms. The second kappa shape index (κ2) is 6.12. The average molecular weight is 222 g/mol. The number of carbonyl (C=O) groups is 1. The molecule has 0 unspecified atom stereocenters.